The van der Waals surface area contributed by atoms with Crippen LogP contribution in [0.15, 0.2) is 42.5 Å². The second kappa shape index (κ2) is 8.48. The van der Waals surface area contributed by atoms with Crippen LogP contribution in [0.2, 0.25) is 10.0 Å². The predicted octanol–water partition coefficient (Wildman–Crippen LogP) is 3.05. The number of carbonyl (C=O) groups is 2. The molecule has 0 saturated heterocycles. The Hall–Kier alpha value is -2.13. The van der Waals surface area contributed by atoms with E-state index < -0.39 is 10.0 Å². The van der Waals surface area contributed by atoms with Crippen LogP contribution in [-0.2, 0) is 14.8 Å². The molecule has 0 bridgehead atoms. The number of benzene rings is 2. The molecule has 1 aliphatic rings. The van der Waals surface area contributed by atoms with Crippen molar-refractivity contribution in [3.63, 3.8) is 0 Å². The van der Waals surface area contributed by atoms with Crippen molar-refractivity contribution in [3.8, 4) is 0 Å². The molecule has 0 saturated carbocycles. The van der Waals surface area contributed by atoms with Gasteiger partial charge in [-0.3, -0.25) is 19.2 Å². The highest BCUT2D eigenvalue weighted by molar-refractivity contribution is 7.92. The first-order valence-electron chi connectivity index (χ1n) is 8.27. The molecule has 1 aliphatic heterocycles. The Bertz CT molecular complexity index is 991. The van der Waals surface area contributed by atoms with Crippen molar-refractivity contribution in [1.29, 1.82) is 0 Å². The maximum absolute atomic E-state index is 12.2. The largest absolute Gasteiger partial charge is 0.378 e. The summed E-state index contributed by atoms with van der Waals surface area (Å²) >= 11 is 11.8. The molecule has 0 radical (unpaired) electrons. The van der Waals surface area contributed by atoms with Crippen LogP contribution < -0.4 is 4.72 Å². The summed E-state index contributed by atoms with van der Waals surface area (Å²) in [4.78, 5) is 25.5. The first kappa shape index (κ1) is 20.6. The SMILES string of the molecule is O=C1c2ccccc2C(=O)N1CCOCCS(=O)(=O)Nc1cc(Cl)ccc1Cl. The number of nitrogens with zero attached hydrogens (tertiary/aromatic N) is 1. The maximum Gasteiger partial charge on any atom is 0.261 e. The van der Waals surface area contributed by atoms with E-state index in [-0.39, 0.29) is 48.0 Å². The molecular weight excluding hydrogens is 427 g/mol. The number of hydrogen-bond acceptors (Lipinski definition) is 5. The molecule has 0 aliphatic carbocycles. The molecule has 148 valence electrons. The Morgan fingerprint density at radius 2 is 1.61 bits per heavy atom. The minimum atomic E-state index is -3.70. The number of imide groups is 1. The molecule has 3 rings (SSSR count). The van der Waals surface area contributed by atoms with Gasteiger partial charge in [0.05, 0.1) is 47.3 Å². The zero-order chi connectivity index (χ0) is 20.3. The van der Waals surface area contributed by atoms with E-state index in [9.17, 15) is 18.0 Å². The Kier molecular flexibility index (Phi) is 6.24. The van der Waals surface area contributed by atoms with E-state index in [4.69, 9.17) is 27.9 Å². The van der Waals surface area contributed by atoms with E-state index in [1.54, 1.807) is 30.3 Å². The number of sulfonamides is 1. The third-order valence-corrected chi connectivity index (χ3v) is 5.83. The van der Waals surface area contributed by atoms with Crippen molar-refractivity contribution in [2.24, 2.45) is 0 Å². The smallest absolute Gasteiger partial charge is 0.261 e. The lowest BCUT2D eigenvalue weighted by atomic mass is 10.1. The minimum Gasteiger partial charge on any atom is -0.378 e. The van der Waals surface area contributed by atoms with Crippen molar-refractivity contribution in [1.82, 2.24) is 4.90 Å². The number of halogens is 2. The van der Waals surface area contributed by atoms with Gasteiger partial charge in [0.2, 0.25) is 10.0 Å². The Labute approximate surface area is 172 Å². The number of amides is 2. The number of ether oxygens (including phenoxy) is 1. The summed E-state index contributed by atoms with van der Waals surface area (Å²) in [5.41, 5.74) is 0.899. The van der Waals surface area contributed by atoms with Crippen LogP contribution in [0.25, 0.3) is 0 Å². The Balaban J connectivity index is 1.47. The number of fused-ring (bicyclic) bond motifs is 1. The first-order valence-corrected chi connectivity index (χ1v) is 10.7. The number of anilines is 1. The molecule has 2 aromatic rings. The Morgan fingerprint density at radius 1 is 0.964 bits per heavy atom. The molecular formula is C18H16Cl2N2O5S. The summed E-state index contributed by atoms with van der Waals surface area (Å²) in [5.74, 6) is -1.08. The quantitative estimate of drug-likeness (QED) is 0.500. The number of rotatable bonds is 8. The first-order chi connectivity index (χ1) is 13.3. The molecule has 1 heterocycles. The summed E-state index contributed by atoms with van der Waals surface area (Å²) in [5, 5.41) is 0.568. The molecule has 0 spiro atoms. The molecule has 28 heavy (non-hydrogen) atoms. The highest BCUT2D eigenvalue weighted by Crippen LogP contribution is 2.26. The standard InChI is InChI=1S/C18H16Cl2N2O5S/c19-12-5-6-15(20)16(11-12)21-28(25,26)10-9-27-8-7-22-17(23)13-3-1-2-4-14(13)18(22)24/h1-6,11,21H,7-10H2. The van der Waals surface area contributed by atoms with Gasteiger partial charge in [-0.1, -0.05) is 35.3 Å². The van der Waals surface area contributed by atoms with Crippen LogP contribution in [0.4, 0.5) is 5.69 Å². The van der Waals surface area contributed by atoms with Gasteiger partial charge >= 0.3 is 0 Å². The minimum absolute atomic E-state index is 0.0267. The van der Waals surface area contributed by atoms with Crippen molar-refractivity contribution >= 4 is 50.7 Å². The van der Waals surface area contributed by atoms with Gasteiger partial charge < -0.3 is 4.74 Å². The molecule has 0 atom stereocenters. The fourth-order valence-corrected chi connectivity index (χ4v) is 4.00. The zero-order valence-electron chi connectivity index (χ0n) is 14.5. The van der Waals surface area contributed by atoms with Crippen LogP contribution in [0.1, 0.15) is 20.7 Å². The van der Waals surface area contributed by atoms with Gasteiger partial charge in [-0.15, -0.1) is 0 Å². The summed E-state index contributed by atoms with van der Waals surface area (Å²) < 4.78 is 31.9. The van der Waals surface area contributed by atoms with Crippen LogP contribution in [-0.4, -0.2) is 50.6 Å². The summed E-state index contributed by atoms with van der Waals surface area (Å²) in [7, 11) is -3.70. The monoisotopic (exact) mass is 442 g/mol. The van der Waals surface area contributed by atoms with E-state index in [1.165, 1.54) is 12.1 Å². The van der Waals surface area contributed by atoms with Crippen LogP contribution in [0.5, 0.6) is 0 Å². The number of hydrogen-bond donors (Lipinski definition) is 1. The van der Waals surface area contributed by atoms with Gasteiger partial charge in [0.15, 0.2) is 0 Å². The van der Waals surface area contributed by atoms with E-state index in [1.807, 2.05) is 0 Å². The molecule has 2 amide bonds. The van der Waals surface area contributed by atoms with Crippen LogP contribution >= 0.6 is 23.2 Å². The molecule has 0 fully saturated rings. The van der Waals surface area contributed by atoms with Gasteiger partial charge in [0, 0.05) is 5.02 Å². The fraction of sp³-hybridized carbons (Fsp3) is 0.222. The van der Waals surface area contributed by atoms with E-state index in [0.29, 0.717) is 16.1 Å². The summed E-state index contributed by atoms with van der Waals surface area (Å²) in [6, 6.07) is 11.0. The molecule has 0 aromatic heterocycles. The average molecular weight is 443 g/mol. The lowest BCUT2D eigenvalue weighted by Crippen LogP contribution is -2.33. The lowest BCUT2D eigenvalue weighted by molar-refractivity contribution is 0.0575. The van der Waals surface area contributed by atoms with Crippen molar-refractivity contribution < 1.29 is 22.7 Å². The second-order valence-corrected chi connectivity index (χ2v) is 8.65. The predicted molar refractivity (Wildman–Crippen MR) is 106 cm³/mol. The van der Waals surface area contributed by atoms with Crippen molar-refractivity contribution in [3.05, 3.63) is 63.6 Å². The topological polar surface area (TPSA) is 92.8 Å². The Morgan fingerprint density at radius 3 is 2.25 bits per heavy atom. The highest BCUT2D eigenvalue weighted by Gasteiger charge is 2.34. The van der Waals surface area contributed by atoms with E-state index in [0.717, 1.165) is 4.90 Å². The molecule has 2 aromatic carbocycles. The summed E-state index contributed by atoms with van der Waals surface area (Å²) in [6.45, 7) is -0.0461. The van der Waals surface area contributed by atoms with E-state index >= 15 is 0 Å². The fourth-order valence-electron chi connectivity index (χ4n) is 2.66. The van der Waals surface area contributed by atoms with Gasteiger partial charge in [0.25, 0.3) is 11.8 Å². The lowest BCUT2D eigenvalue weighted by Gasteiger charge is -2.14. The van der Waals surface area contributed by atoms with Crippen LogP contribution in [0.3, 0.4) is 0 Å². The maximum atomic E-state index is 12.2. The van der Waals surface area contributed by atoms with Gasteiger partial charge in [-0.25, -0.2) is 8.42 Å². The second-order valence-electron chi connectivity index (χ2n) is 5.97. The molecule has 7 nitrogen and oxygen atoms in total. The molecule has 10 heteroatoms. The normalized spacial score (nSPS) is 13.7. The van der Waals surface area contributed by atoms with Crippen LogP contribution in [0, 0.1) is 0 Å². The van der Waals surface area contributed by atoms with Gasteiger partial charge in [0.1, 0.15) is 0 Å². The van der Waals surface area contributed by atoms with Gasteiger partial charge in [-0.05, 0) is 30.3 Å². The average Bonchev–Trinajstić information content (AvgIpc) is 2.89. The summed E-state index contributed by atoms with van der Waals surface area (Å²) in [6.07, 6.45) is 0. The molecule has 1 N–H and O–H groups in total. The third-order valence-electron chi connectivity index (χ3n) is 4.03. The molecule has 0 unspecified atom stereocenters. The van der Waals surface area contributed by atoms with Crippen molar-refractivity contribution in [2.45, 2.75) is 0 Å². The zero-order valence-corrected chi connectivity index (χ0v) is 16.9. The van der Waals surface area contributed by atoms with E-state index in [2.05, 4.69) is 4.72 Å². The third kappa shape index (κ3) is 4.64. The van der Waals surface area contributed by atoms with Gasteiger partial charge in [-0.2, -0.15) is 0 Å². The van der Waals surface area contributed by atoms with Crippen molar-refractivity contribution in [2.75, 3.05) is 30.2 Å². The highest BCUT2D eigenvalue weighted by atomic mass is 35.5. The number of nitrogens with one attached hydrogen (secondary N) is 1. The number of carbonyl (C=O) groups excluding carboxylic acids is 2.